The Morgan fingerprint density at radius 1 is 1.31 bits per heavy atom. The second kappa shape index (κ2) is 8.86. The number of rotatable bonds is 6. The summed E-state index contributed by atoms with van der Waals surface area (Å²) in [6.07, 6.45) is 1.59. The lowest BCUT2D eigenvalue weighted by Gasteiger charge is -2.13. The zero-order valence-corrected chi connectivity index (χ0v) is 16.3. The van der Waals surface area contributed by atoms with E-state index in [0.29, 0.717) is 29.0 Å². The molecule has 1 N–H and O–H groups in total. The molecule has 134 valence electrons. The van der Waals surface area contributed by atoms with Crippen LogP contribution in [-0.2, 0) is 11.4 Å². The van der Waals surface area contributed by atoms with E-state index in [4.69, 9.17) is 9.47 Å². The van der Waals surface area contributed by atoms with Crippen LogP contribution in [0.2, 0.25) is 0 Å². The highest BCUT2D eigenvalue weighted by Crippen LogP contribution is 2.36. The first kappa shape index (κ1) is 18.5. The molecule has 1 amide bonds. The van der Waals surface area contributed by atoms with Gasteiger partial charge in [0.15, 0.2) is 16.7 Å². The number of carbonyl (C=O) groups is 1. The summed E-state index contributed by atoms with van der Waals surface area (Å²) in [7, 11) is 1.59. The van der Waals surface area contributed by atoms with Gasteiger partial charge in [0.05, 0.1) is 23.5 Å². The predicted octanol–water partition coefficient (Wildman–Crippen LogP) is 3.59. The van der Waals surface area contributed by atoms with Gasteiger partial charge < -0.3 is 14.8 Å². The number of halogens is 1. The lowest BCUT2D eigenvalue weighted by atomic mass is 10.2. The zero-order valence-electron chi connectivity index (χ0n) is 13.9. The highest BCUT2D eigenvalue weighted by atomic mass is 79.9. The summed E-state index contributed by atoms with van der Waals surface area (Å²) in [5.41, 5.74) is 1.86. The molecule has 26 heavy (non-hydrogen) atoms. The smallest absolute Gasteiger partial charge is 0.236 e. The van der Waals surface area contributed by atoms with E-state index in [-0.39, 0.29) is 5.91 Å². The lowest BCUT2D eigenvalue weighted by Crippen LogP contribution is -2.19. The van der Waals surface area contributed by atoms with Crippen LogP contribution in [0.25, 0.3) is 0 Å². The van der Waals surface area contributed by atoms with Gasteiger partial charge in [-0.2, -0.15) is 5.10 Å². The van der Waals surface area contributed by atoms with E-state index in [9.17, 15) is 4.79 Å². The van der Waals surface area contributed by atoms with Gasteiger partial charge in [0.25, 0.3) is 0 Å². The number of nitrogens with one attached hydrogen (secondary N) is 1. The summed E-state index contributed by atoms with van der Waals surface area (Å²) >= 11 is 4.84. The fourth-order valence-electron chi connectivity index (χ4n) is 2.21. The second-order valence-corrected chi connectivity index (χ2v) is 7.11. The molecule has 0 spiro atoms. The minimum absolute atomic E-state index is 0.0618. The van der Waals surface area contributed by atoms with Crippen LogP contribution in [-0.4, -0.2) is 30.2 Å². The monoisotopic (exact) mass is 433 g/mol. The third-order valence-electron chi connectivity index (χ3n) is 3.42. The standard InChI is InChI=1S/C18H16BrN3O3S/c1-24-15-8-13(9-20-22-18-21-16(23)11-26-18)7-14(19)17(15)25-10-12-5-3-2-4-6-12/h2-9H,10-11H2,1H3,(H,21,22,23). The quantitative estimate of drug-likeness (QED) is 0.557. The van der Waals surface area contributed by atoms with Crippen LogP contribution < -0.4 is 14.8 Å². The number of amides is 1. The molecule has 0 aromatic heterocycles. The molecule has 1 aliphatic heterocycles. The molecule has 1 aliphatic rings. The van der Waals surface area contributed by atoms with Gasteiger partial charge in [0.2, 0.25) is 5.91 Å². The number of ether oxygens (including phenoxy) is 2. The van der Waals surface area contributed by atoms with Gasteiger partial charge in [0.1, 0.15) is 6.61 Å². The summed E-state index contributed by atoms with van der Waals surface area (Å²) < 4.78 is 12.1. The van der Waals surface area contributed by atoms with Gasteiger partial charge in [-0.05, 0) is 39.2 Å². The Labute approximate surface area is 163 Å². The van der Waals surface area contributed by atoms with E-state index < -0.39 is 0 Å². The van der Waals surface area contributed by atoms with E-state index in [2.05, 4.69) is 31.4 Å². The third-order valence-corrected chi connectivity index (χ3v) is 4.87. The van der Waals surface area contributed by atoms with Crippen molar-refractivity contribution in [1.29, 1.82) is 0 Å². The van der Waals surface area contributed by atoms with E-state index >= 15 is 0 Å². The van der Waals surface area contributed by atoms with Crippen molar-refractivity contribution in [3.63, 3.8) is 0 Å². The van der Waals surface area contributed by atoms with Crippen LogP contribution in [0.15, 0.2) is 57.1 Å². The van der Waals surface area contributed by atoms with Gasteiger partial charge in [-0.15, -0.1) is 5.10 Å². The van der Waals surface area contributed by atoms with Crippen LogP contribution in [0.4, 0.5) is 0 Å². The number of benzene rings is 2. The summed E-state index contributed by atoms with van der Waals surface area (Å²) in [6, 6.07) is 13.6. The maximum Gasteiger partial charge on any atom is 0.236 e. The van der Waals surface area contributed by atoms with Crippen molar-refractivity contribution >= 4 is 45.0 Å². The Kier molecular flexibility index (Phi) is 6.30. The second-order valence-electron chi connectivity index (χ2n) is 5.29. The molecule has 1 heterocycles. The van der Waals surface area contributed by atoms with Crippen LogP contribution in [0, 0.1) is 0 Å². The van der Waals surface area contributed by atoms with Crippen molar-refractivity contribution in [1.82, 2.24) is 5.32 Å². The number of hydrogen-bond donors (Lipinski definition) is 1. The topological polar surface area (TPSA) is 72.3 Å². The maximum atomic E-state index is 11.1. The van der Waals surface area contributed by atoms with Crippen molar-refractivity contribution in [2.75, 3.05) is 12.9 Å². The van der Waals surface area contributed by atoms with Gasteiger partial charge in [-0.25, -0.2) is 0 Å². The number of methoxy groups -OCH3 is 1. The van der Waals surface area contributed by atoms with Crippen LogP contribution >= 0.6 is 27.7 Å². The predicted molar refractivity (Wildman–Crippen MR) is 107 cm³/mol. The van der Waals surface area contributed by atoms with Crippen molar-refractivity contribution in [3.05, 3.63) is 58.1 Å². The normalized spacial score (nSPS) is 15.5. The Morgan fingerprint density at radius 3 is 2.81 bits per heavy atom. The molecule has 0 unspecified atom stereocenters. The SMILES string of the molecule is COc1cc(C=NN=C2NC(=O)CS2)cc(Br)c1OCc1ccccc1. The molecule has 3 rings (SSSR count). The Bertz CT molecular complexity index is 856. The maximum absolute atomic E-state index is 11.1. The molecule has 2 aromatic carbocycles. The Hall–Kier alpha value is -2.32. The van der Waals surface area contributed by atoms with Gasteiger partial charge in [-0.3, -0.25) is 4.79 Å². The van der Waals surface area contributed by atoms with Gasteiger partial charge in [0, 0.05) is 0 Å². The lowest BCUT2D eigenvalue weighted by molar-refractivity contribution is -0.116. The average molecular weight is 434 g/mol. The molecule has 1 fully saturated rings. The number of amidine groups is 1. The minimum Gasteiger partial charge on any atom is -0.493 e. The van der Waals surface area contributed by atoms with Crippen LogP contribution in [0.3, 0.4) is 0 Å². The molecule has 1 saturated heterocycles. The van der Waals surface area contributed by atoms with E-state index in [1.165, 1.54) is 11.8 Å². The van der Waals surface area contributed by atoms with Crippen molar-refractivity contribution in [3.8, 4) is 11.5 Å². The summed E-state index contributed by atoms with van der Waals surface area (Å²) in [5.74, 6) is 1.53. The Balaban J connectivity index is 1.73. The summed E-state index contributed by atoms with van der Waals surface area (Å²) in [5, 5.41) is 11.1. The Morgan fingerprint density at radius 2 is 2.12 bits per heavy atom. The third kappa shape index (κ3) is 4.86. The van der Waals surface area contributed by atoms with E-state index in [1.54, 1.807) is 13.3 Å². The molecule has 6 nitrogen and oxygen atoms in total. The molecular weight excluding hydrogens is 418 g/mol. The highest BCUT2D eigenvalue weighted by Gasteiger charge is 2.16. The van der Waals surface area contributed by atoms with Crippen molar-refractivity contribution in [2.45, 2.75) is 6.61 Å². The van der Waals surface area contributed by atoms with Crippen LogP contribution in [0.1, 0.15) is 11.1 Å². The molecule has 0 aliphatic carbocycles. The molecule has 0 atom stereocenters. The number of nitrogens with zero attached hydrogens (tertiary/aromatic N) is 2. The van der Waals surface area contributed by atoms with Gasteiger partial charge >= 0.3 is 0 Å². The fourth-order valence-corrected chi connectivity index (χ4v) is 3.42. The average Bonchev–Trinajstić information content (AvgIpc) is 3.06. The summed E-state index contributed by atoms with van der Waals surface area (Å²) in [6.45, 7) is 0.438. The molecule has 0 radical (unpaired) electrons. The molecule has 8 heteroatoms. The number of carbonyl (C=O) groups excluding carboxylic acids is 1. The highest BCUT2D eigenvalue weighted by molar-refractivity contribution is 9.10. The van der Waals surface area contributed by atoms with Gasteiger partial charge in [-0.1, -0.05) is 42.1 Å². The van der Waals surface area contributed by atoms with Crippen molar-refractivity contribution < 1.29 is 14.3 Å². The first-order valence-electron chi connectivity index (χ1n) is 7.73. The molecule has 0 bridgehead atoms. The van der Waals surface area contributed by atoms with Crippen LogP contribution in [0.5, 0.6) is 11.5 Å². The van der Waals surface area contributed by atoms with E-state index in [1.807, 2.05) is 42.5 Å². The number of hydrogen-bond acceptors (Lipinski definition) is 6. The first-order valence-corrected chi connectivity index (χ1v) is 9.51. The number of thioether (sulfide) groups is 1. The minimum atomic E-state index is -0.0618. The summed E-state index contributed by atoms with van der Waals surface area (Å²) in [4.78, 5) is 11.1. The fraction of sp³-hybridized carbons (Fsp3) is 0.167. The largest absolute Gasteiger partial charge is 0.493 e. The van der Waals surface area contributed by atoms with E-state index in [0.717, 1.165) is 15.6 Å². The molecule has 0 saturated carbocycles. The zero-order chi connectivity index (χ0) is 18.4. The first-order chi connectivity index (χ1) is 12.7. The molecule has 2 aromatic rings. The van der Waals surface area contributed by atoms with Crippen molar-refractivity contribution in [2.24, 2.45) is 10.2 Å². The molecular formula is C18H16BrN3O3S.